The van der Waals surface area contributed by atoms with Crippen molar-refractivity contribution >= 4 is 16.9 Å². The minimum atomic E-state index is -0.228. The van der Waals surface area contributed by atoms with Crippen LogP contribution in [-0.2, 0) is 0 Å². The summed E-state index contributed by atoms with van der Waals surface area (Å²) in [5, 5.41) is 14.7. The van der Waals surface area contributed by atoms with Crippen LogP contribution in [0.5, 0.6) is 0 Å². The zero-order valence-electron chi connectivity index (χ0n) is 15.6. The molecule has 1 saturated heterocycles. The highest BCUT2D eigenvalue weighted by Crippen LogP contribution is 2.23. The summed E-state index contributed by atoms with van der Waals surface area (Å²) in [7, 11) is 0. The molecule has 1 aliphatic heterocycles. The summed E-state index contributed by atoms with van der Waals surface area (Å²) < 4.78 is 1.82. The van der Waals surface area contributed by atoms with Crippen molar-refractivity contribution in [3.63, 3.8) is 0 Å². The smallest absolute Gasteiger partial charge is 0.274 e. The van der Waals surface area contributed by atoms with Gasteiger partial charge in [-0.1, -0.05) is 31.2 Å². The number of carbonyl (C=O) groups is 1. The minimum Gasteiger partial charge on any atom is -0.340 e. The molecule has 1 amide bonds. The van der Waals surface area contributed by atoms with Gasteiger partial charge in [-0.2, -0.15) is 0 Å². The van der Waals surface area contributed by atoms with Gasteiger partial charge in [0, 0.05) is 0 Å². The summed E-state index contributed by atoms with van der Waals surface area (Å²) in [5.74, 6) is 0.702. The average molecular weight is 367 g/mol. The molecule has 3 aromatic rings. The van der Waals surface area contributed by atoms with Gasteiger partial charge in [0.25, 0.3) is 5.91 Å². The van der Waals surface area contributed by atoms with E-state index < -0.39 is 0 Å². The molecular weight excluding hydrogens is 342 g/mol. The number of rotatable bonds is 5. The van der Waals surface area contributed by atoms with Crippen LogP contribution >= 0.6 is 0 Å². The number of fused-ring (bicyclic) bond motifs is 1. The molecule has 0 spiro atoms. The fraction of sp³-hybridized carbons (Fsp3) is 0.474. The Hall–Kier alpha value is -2.74. The van der Waals surface area contributed by atoms with Gasteiger partial charge in [0.1, 0.15) is 5.82 Å². The van der Waals surface area contributed by atoms with Gasteiger partial charge < -0.3 is 15.6 Å². The lowest BCUT2D eigenvalue weighted by molar-refractivity contribution is 0.0918. The summed E-state index contributed by atoms with van der Waals surface area (Å²) >= 11 is 0. The lowest BCUT2D eigenvalue weighted by Crippen LogP contribution is -2.32. The Kier molecular flexibility index (Phi) is 4.89. The predicted molar refractivity (Wildman–Crippen MR) is 102 cm³/mol. The van der Waals surface area contributed by atoms with Crippen molar-refractivity contribution < 1.29 is 4.79 Å². The van der Waals surface area contributed by atoms with Crippen LogP contribution in [0, 0.1) is 5.92 Å². The van der Waals surface area contributed by atoms with Crippen LogP contribution in [0.1, 0.15) is 55.1 Å². The van der Waals surface area contributed by atoms with Gasteiger partial charge in [0.05, 0.1) is 29.3 Å². The van der Waals surface area contributed by atoms with Gasteiger partial charge in [-0.15, -0.1) is 5.10 Å². The maximum absolute atomic E-state index is 12.8. The van der Waals surface area contributed by atoms with Crippen molar-refractivity contribution in [1.29, 1.82) is 0 Å². The Balaban J connectivity index is 1.51. The summed E-state index contributed by atoms with van der Waals surface area (Å²) in [5.41, 5.74) is 2.20. The maximum atomic E-state index is 12.8. The molecule has 1 atom stereocenters. The van der Waals surface area contributed by atoms with E-state index in [1.807, 2.05) is 28.9 Å². The van der Waals surface area contributed by atoms with E-state index in [4.69, 9.17) is 0 Å². The molecule has 3 N–H and O–H groups in total. The highest BCUT2D eigenvalue weighted by molar-refractivity contribution is 5.92. The Morgan fingerprint density at radius 1 is 1.26 bits per heavy atom. The average Bonchev–Trinajstić information content (AvgIpc) is 3.33. The van der Waals surface area contributed by atoms with E-state index in [0.29, 0.717) is 11.7 Å². The molecule has 4 rings (SSSR count). The topological polar surface area (TPSA) is 101 Å². The second-order valence-electron chi connectivity index (χ2n) is 7.40. The summed E-state index contributed by atoms with van der Waals surface area (Å²) in [6.07, 6.45) is 3.75. The molecule has 1 aliphatic rings. The fourth-order valence-corrected chi connectivity index (χ4v) is 3.52. The molecule has 0 saturated carbocycles. The standard InChI is InChI=1S/C19H25N7O/c1-12(2)17(18-21-14-5-3-4-6-15(14)22-18)23-19(27)16-11-26(25-24-16)13-7-9-20-10-8-13/h3-6,11-13,17,20H,7-10H2,1-2H3,(H,21,22)(H,23,27). The van der Waals surface area contributed by atoms with Crippen LogP contribution < -0.4 is 10.6 Å². The molecule has 2 aromatic heterocycles. The van der Waals surface area contributed by atoms with E-state index in [-0.39, 0.29) is 17.9 Å². The normalized spacial score (nSPS) is 16.7. The molecule has 27 heavy (non-hydrogen) atoms. The Labute approximate surface area is 157 Å². The Morgan fingerprint density at radius 2 is 2.04 bits per heavy atom. The SMILES string of the molecule is CC(C)C(NC(=O)c1cn(C2CCNCC2)nn1)c1nc2ccccc2[nH]1. The molecule has 1 aromatic carbocycles. The van der Waals surface area contributed by atoms with Crippen molar-refractivity contribution in [2.24, 2.45) is 5.92 Å². The number of piperidine rings is 1. The summed E-state index contributed by atoms with van der Waals surface area (Å²) in [6, 6.07) is 7.93. The lowest BCUT2D eigenvalue weighted by atomic mass is 10.0. The van der Waals surface area contributed by atoms with Gasteiger partial charge in [0.15, 0.2) is 5.69 Å². The quantitative estimate of drug-likeness (QED) is 0.642. The first-order valence-electron chi connectivity index (χ1n) is 9.50. The molecule has 1 unspecified atom stereocenters. The molecule has 142 valence electrons. The molecule has 1 fully saturated rings. The predicted octanol–water partition coefficient (Wildman–Crippen LogP) is 2.21. The van der Waals surface area contributed by atoms with Gasteiger partial charge in [-0.25, -0.2) is 9.67 Å². The number of imidazole rings is 1. The number of carbonyl (C=O) groups excluding carboxylic acids is 1. The van der Waals surface area contributed by atoms with Crippen LogP contribution in [0.25, 0.3) is 11.0 Å². The number of aromatic nitrogens is 5. The number of nitrogens with zero attached hydrogens (tertiary/aromatic N) is 4. The van der Waals surface area contributed by atoms with E-state index >= 15 is 0 Å². The third-order valence-corrected chi connectivity index (χ3v) is 5.08. The first-order chi connectivity index (χ1) is 13.1. The number of amides is 1. The lowest BCUT2D eigenvalue weighted by Gasteiger charge is -2.22. The molecule has 0 aliphatic carbocycles. The van der Waals surface area contributed by atoms with Gasteiger partial charge >= 0.3 is 0 Å². The number of hydrogen-bond donors (Lipinski definition) is 3. The van der Waals surface area contributed by atoms with E-state index in [0.717, 1.165) is 42.8 Å². The van der Waals surface area contributed by atoms with Gasteiger partial charge in [-0.05, 0) is 44.0 Å². The molecule has 8 heteroatoms. The van der Waals surface area contributed by atoms with Crippen LogP contribution in [-0.4, -0.2) is 44.0 Å². The number of nitrogens with one attached hydrogen (secondary N) is 3. The first kappa shape index (κ1) is 17.7. The fourth-order valence-electron chi connectivity index (χ4n) is 3.52. The van der Waals surface area contributed by atoms with Crippen molar-refractivity contribution in [2.45, 2.75) is 38.8 Å². The number of benzene rings is 1. The minimum absolute atomic E-state index is 0.175. The molecule has 3 heterocycles. The third-order valence-electron chi connectivity index (χ3n) is 5.08. The van der Waals surface area contributed by atoms with Crippen LogP contribution in [0.4, 0.5) is 0 Å². The Bertz CT molecular complexity index is 890. The number of H-pyrrole nitrogens is 1. The number of hydrogen-bond acceptors (Lipinski definition) is 5. The van der Waals surface area contributed by atoms with Crippen molar-refractivity contribution in [3.05, 3.63) is 42.0 Å². The van der Waals surface area contributed by atoms with Crippen LogP contribution in [0.3, 0.4) is 0 Å². The molecular formula is C19H25N7O. The second kappa shape index (κ2) is 7.48. The second-order valence-corrected chi connectivity index (χ2v) is 7.40. The van der Waals surface area contributed by atoms with Gasteiger partial charge in [-0.3, -0.25) is 4.79 Å². The van der Waals surface area contributed by atoms with Crippen LogP contribution in [0.15, 0.2) is 30.5 Å². The van der Waals surface area contributed by atoms with E-state index in [1.54, 1.807) is 6.20 Å². The number of aromatic amines is 1. The summed E-state index contributed by atoms with van der Waals surface area (Å²) in [6.45, 7) is 6.05. The zero-order chi connectivity index (χ0) is 18.8. The monoisotopic (exact) mass is 367 g/mol. The summed E-state index contributed by atoms with van der Waals surface area (Å²) in [4.78, 5) is 20.7. The molecule has 8 nitrogen and oxygen atoms in total. The van der Waals surface area contributed by atoms with E-state index in [2.05, 4.69) is 44.8 Å². The van der Waals surface area contributed by atoms with Crippen molar-refractivity contribution in [3.8, 4) is 0 Å². The van der Waals surface area contributed by atoms with Crippen LogP contribution in [0.2, 0.25) is 0 Å². The largest absolute Gasteiger partial charge is 0.340 e. The van der Waals surface area contributed by atoms with E-state index in [9.17, 15) is 4.79 Å². The third kappa shape index (κ3) is 3.71. The number of para-hydroxylation sites is 2. The Morgan fingerprint density at radius 3 is 2.78 bits per heavy atom. The van der Waals surface area contributed by atoms with Crippen molar-refractivity contribution in [2.75, 3.05) is 13.1 Å². The van der Waals surface area contributed by atoms with Crippen molar-refractivity contribution in [1.82, 2.24) is 35.6 Å². The highest BCUT2D eigenvalue weighted by atomic mass is 16.2. The van der Waals surface area contributed by atoms with Gasteiger partial charge in [0.2, 0.25) is 0 Å². The maximum Gasteiger partial charge on any atom is 0.274 e. The molecule has 0 radical (unpaired) electrons. The van der Waals surface area contributed by atoms with E-state index in [1.165, 1.54) is 0 Å². The highest BCUT2D eigenvalue weighted by Gasteiger charge is 2.25. The molecule has 0 bridgehead atoms. The first-order valence-corrected chi connectivity index (χ1v) is 9.50. The zero-order valence-corrected chi connectivity index (χ0v) is 15.6.